The van der Waals surface area contributed by atoms with E-state index >= 15 is 0 Å². The first-order valence-corrected chi connectivity index (χ1v) is 5.24. The number of hydrogen-bond acceptors (Lipinski definition) is 4. The first-order valence-electron chi connectivity index (χ1n) is 5.24. The highest BCUT2D eigenvalue weighted by Gasteiger charge is 2.50. The van der Waals surface area contributed by atoms with Crippen molar-refractivity contribution in [1.29, 1.82) is 0 Å². The maximum Gasteiger partial charge on any atom is 0.326 e. The molecular weight excluding hydrogens is 212 g/mol. The molecule has 2 atom stereocenters. The van der Waals surface area contributed by atoms with Crippen molar-refractivity contribution >= 4 is 17.9 Å². The van der Waals surface area contributed by atoms with E-state index in [4.69, 9.17) is 0 Å². The van der Waals surface area contributed by atoms with E-state index in [1.807, 2.05) is 0 Å². The number of hydrogen-bond donors (Lipinski definition) is 0. The fraction of sp³-hybridized carbons (Fsp3) is 0.700. The van der Waals surface area contributed by atoms with Crippen molar-refractivity contribution in [2.45, 2.75) is 18.9 Å². The second-order valence-corrected chi connectivity index (χ2v) is 4.08. The molecule has 0 N–H and O–H groups in total. The Kier molecular flexibility index (Phi) is 2.57. The number of carbonyl (C=O) groups excluding carboxylic acids is 3. The van der Waals surface area contributed by atoms with E-state index in [0.29, 0.717) is 13.0 Å². The third kappa shape index (κ3) is 1.36. The van der Waals surface area contributed by atoms with E-state index in [2.05, 4.69) is 4.74 Å². The zero-order valence-corrected chi connectivity index (χ0v) is 9.30. The van der Waals surface area contributed by atoms with Gasteiger partial charge < -0.3 is 9.64 Å². The molecule has 0 radical (unpaired) electrons. The number of carbonyl (C=O) groups is 3. The average Bonchev–Trinajstić information content (AvgIpc) is 2.74. The van der Waals surface area contributed by atoms with Crippen molar-refractivity contribution < 1.29 is 19.1 Å². The van der Waals surface area contributed by atoms with Crippen LogP contribution in [0, 0.1) is 5.92 Å². The normalized spacial score (nSPS) is 29.4. The molecule has 0 aliphatic carbocycles. The van der Waals surface area contributed by atoms with Crippen LogP contribution in [0.5, 0.6) is 0 Å². The summed E-state index contributed by atoms with van der Waals surface area (Å²) in [6.07, 6.45) is 1.51. The van der Waals surface area contributed by atoms with Crippen molar-refractivity contribution in [2.75, 3.05) is 20.7 Å². The van der Waals surface area contributed by atoms with Crippen LogP contribution in [0.2, 0.25) is 0 Å². The van der Waals surface area contributed by atoms with Gasteiger partial charge in [-0.3, -0.25) is 14.5 Å². The lowest BCUT2D eigenvalue weighted by molar-refractivity contribution is -0.156. The summed E-state index contributed by atoms with van der Waals surface area (Å²) in [5, 5.41) is 0. The number of fused-ring (bicyclic) bond motifs is 1. The minimum Gasteiger partial charge on any atom is -0.468 e. The highest BCUT2D eigenvalue weighted by Crippen LogP contribution is 2.31. The van der Waals surface area contributed by atoms with Gasteiger partial charge >= 0.3 is 12.0 Å². The minimum absolute atomic E-state index is 0.312. The fourth-order valence-electron chi connectivity index (χ4n) is 2.42. The van der Waals surface area contributed by atoms with Crippen LogP contribution in [0.3, 0.4) is 0 Å². The Morgan fingerprint density at radius 3 is 2.75 bits per heavy atom. The summed E-state index contributed by atoms with van der Waals surface area (Å²) in [5.41, 5.74) is 0. The Labute approximate surface area is 93.1 Å². The van der Waals surface area contributed by atoms with E-state index in [9.17, 15) is 14.4 Å². The molecule has 0 aromatic heterocycles. The van der Waals surface area contributed by atoms with Gasteiger partial charge in [0.05, 0.1) is 13.2 Å². The predicted molar refractivity (Wildman–Crippen MR) is 53.4 cm³/mol. The standard InChI is InChI=1S/C10H14N2O4/c1-11-8(13)7(9(14)16-2)6-4-3-5-12(6)10(11)15/h6-7H,3-5H2,1-2H3. The molecule has 0 saturated carbocycles. The fourth-order valence-corrected chi connectivity index (χ4v) is 2.42. The van der Waals surface area contributed by atoms with E-state index < -0.39 is 17.8 Å². The van der Waals surface area contributed by atoms with Gasteiger partial charge in [0.15, 0.2) is 5.92 Å². The molecule has 0 aromatic carbocycles. The predicted octanol–water partition coefficient (Wildman–Crippen LogP) is -0.168. The van der Waals surface area contributed by atoms with Gasteiger partial charge in [0.25, 0.3) is 0 Å². The van der Waals surface area contributed by atoms with E-state index in [0.717, 1.165) is 11.3 Å². The van der Waals surface area contributed by atoms with Crippen LogP contribution in [0.25, 0.3) is 0 Å². The SMILES string of the molecule is COC(=O)C1C(=O)N(C)C(=O)N2CCCC12. The zero-order valence-electron chi connectivity index (χ0n) is 9.30. The summed E-state index contributed by atoms with van der Waals surface area (Å²) in [6, 6.07) is -0.628. The van der Waals surface area contributed by atoms with Gasteiger partial charge in [-0.15, -0.1) is 0 Å². The van der Waals surface area contributed by atoms with Gasteiger partial charge in [-0.1, -0.05) is 0 Å². The molecule has 2 heterocycles. The average molecular weight is 226 g/mol. The summed E-state index contributed by atoms with van der Waals surface area (Å²) < 4.78 is 4.63. The lowest BCUT2D eigenvalue weighted by Crippen LogP contribution is -2.60. The largest absolute Gasteiger partial charge is 0.468 e. The molecule has 2 aliphatic rings. The Balaban J connectivity index is 2.32. The molecule has 2 saturated heterocycles. The number of nitrogens with zero attached hydrogens (tertiary/aromatic N) is 2. The lowest BCUT2D eigenvalue weighted by atomic mass is 9.94. The topological polar surface area (TPSA) is 66.9 Å². The molecule has 0 bridgehead atoms. The summed E-state index contributed by atoms with van der Waals surface area (Å²) >= 11 is 0. The van der Waals surface area contributed by atoms with Crippen LogP contribution in [-0.2, 0) is 14.3 Å². The Hall–Kier alpha value is -1.59. The van der Waals surface area contributed by atoms with Crippen LogP contribution >= 0.6 is 0 Å². The third-order valence-corrected chi connectivity index (χ3v) is 3.27. The second kappa shape index (κ2) is 3.77. The molecule has 0 spiro atoms. The second-order valence-electron chi connectivity index (χ2n) is 4.08. The van der Waals surface area contributed by atoms with Crippen LogP contribution in [0.1, 0.15) is 12.8 Å². The Morgan fingerprint density at radius 2 is 2.12 bits per heavy atom. The highest BCUT2D eigenvalue weighted by molar-refractivity contribution is 6.07. The van der Waals surface area contributed by atoms with Crippen LogP contribution in [0.4, 0.5) is 4.79 Å². The van der Waals surface area contributed by atoms with Crippen molar-refractivity contribution in [2.24, 2.45) is 5.92 Å². The summed E-state index contributed by atoms with van der Waals surface area (Å²) in [7, 11) is 2.65. The van der Waals surface area contributed by atoms with E-state index in [1.54, 1.807) is 4.90 Å². The maximum atomic E-state index is 11.9. The third-order valence-electron chi connectivity index (χ3n) is 3.27. The lowest BCUT2D eigenvalue weighted by Gasteiger charge is -2.38. The number of amides is 3. The summed E-state index contributed by atoms with van der Waals surface area (Å²) in [5.74, 6) is -1.86. The number of methoxy groups -OCH3 is 1. The Bertz CT molecular complexity index is 355. The van der Waals surface area contributed by atoms with Crippen molar-refractivity contribution in [3.05, 3.63) is 0 Å². The molecule has 6 heteroatoms. The minimum atomic E-state index is -0.852. The van der Waals surface area contributed by atoms with Crippen LogP contribution in [0.15, 0.2) is 0 Å². The molecule has 6 nitrogen and oxygen atoms in total. The molecule has 2 rings (SSSR count). The number of rotatable bonds is 1. The van der Waals surface area contributed by atoms with Gasteiger partial charge in [-0.05, 0) is 12.8 Å². The quantitative estimate of drug-likeness (QED) is 0.460. The number of esters is 1. The van der Waals surface area contributed by atoms with Gasteiger partial charge in [0, 0.05) is 13.6 Å². The molecular formula is C10H14N2O4. The molecule has 88 valence electrons. The van der Waals surface area contributed by atoms with Crippen molar-refractivity contribution in [1.82, 2.24) is 9.80 Å². The molecule has 2 aliphatic heterocycles. The Morgan fingerprint density at radius 1 is 1.44 bits per heavy atom. The first kappa shape index (κ1) is 10.9. The summed E-state index contributed by atoms with van der Waals surface area (Å²) in [4.78, 5) is 37.8. The molecule has 0 aromatic rings. The van der Waals surface area contributed by atoms with Crippen molar-refractivity contribution in [3.8, 4) is 0 Å². The summed E-state index contributed by atoms with van der Waals surface area (Å²) in [6.45, 7) is 0.606. The number of ether oxygens (including phenoxy) is 1. The van der Waals surface area contributed by atoms with Crippen molar-refractivity contribution in [3.63, 3.8) is 0 Å². The number of imide groups is 1. The van der Waals surface area contributed by atoms with Gasteiger partial charge in [0.1, 0.15) is 0 Å². The monoisotopic (exact) mass is 226 g/mol. The first-order chi connectivity index (χ1) is 7.57. The smallest absolute Gasteiger partial charge is 0.326 e. The van der Waals surface area contributed by atoms with Gasteiger partial charge in [0.2, 0.25) is 5.91 Å². The van der Waals surface area contributed by atoms with E-state index in [-0.39, 0.29) is 12.1 Å². The number of urea groups is 1. The zero-order chi connectivity index (χ0) is 11.9. The van der Waals surface area contributed by atoms with E-state index in [1.165, 1.54) is 14.2 Å². The highest BCUT2D eigenvalue weighted by atomic mass is 16.5. The van der Waals surface area contributed by atoms with Gasteiger partial charge in [-0.25, -0.2) is 4.79 Å². The van der Waals surface area contributed by atoms with Crippen LogP contribution < -0.4 is 0 Å². The van der Waals surface area contributed by atoms with Crippen LogP contribution in [-0.4, -0.2) is 54.5 Å². The molecule has 2 unspecified atom stereocenters. The molecule has 2 fully saturated rings. The van der Waals surface area contributed by atoms with Gasteiger partial charge in [-0.2, -0.15) is 0 Å². The maximum absolute atomic E-state index is 11.9. The molecule has 16 heavy (non-hydrogen) atoms. The molecule has 3 amide bonds.